The Labute approximate surface area is 115 Å². The summed E-state index contributed by atoms with van der Waals surface area (Å²) in [6.45, 7) is 4.83. The first-order valence-electron chi connectivity index (χ1n) is 6.76. The number of aliphatic hydroxyl groups excluding tert-OH is 1. The lowest BCUT2D eigenvalue weighted by Crippen LogP contribution is -2.29. The summed E-state index contributed by atoms with van der Waals surface area (Å²) in [7, 11) is 0. The third-order valence-corrected chi connectivity index (χ3v) is 3.27. The number of carbonyl (C=O) groups is 1. The van der Waals surface area contributed by atoms with Crippen molar-refractivity contribution in [2.24, 2.45) is 5.92 Å². The molecule has 0 aliphatic heterocycles. The van der Waals surface area contributed by atoms with Crippen molar-refractivity contribution in [1.29, 1.82) is 0 Å². The Morgan fingerprint density at radius 1 is 1.32 bits per heavy atom. The van der Waals surface area contributed by atoms with Gasteiger partial charge in [-0.3, -0.25) is 4.79 Å². The van der Waals surface area contributed by atoms with Crippen LogP contribution in [0.2, 0.25) is 0 Å². The highest BCUT2D eigenvalue weighted by Crippen LogP contribution is 2.19. The minimum atomic E-state index is 0.0501. The molecule has 2 atom stereocenters. The molecule has 2 unspecified atom stereocenters. The summed E-state index contributed by atoms with van der Waals surface area (Å²) in [4.78, 5) is 11.8. The van der Waals surface area contributed by atoms with E-state index in [-0.39, 0.29) is 18.4 Å². The van der Waals surface area contributed by atoms with Gasteiger partial charge in [0.2, 0.25) is 5.91 Å². The number of amides is 1. The largest absolute Gasteiger partial charge is 0.399 e. The van der Waals surface area contributed by atoms with Gasteiger partial charge in [0.05, 0.1) is 0 Å². The van der Waals surface area contributed by atoms with Gasteiger partial charge in [-0.05, 0) is 36.0 Å². The second-order valence-corrected chi connectivity index (χ2v) is 5.19. The maximum absolute atomic E-state index is 11.8. The fourth-order valence-corrected chi connectivity index (χ4v) is 1.90. The van der Waals surface area contributed by atoms with Crippen molar-refractivity contribution < 1.29 is 9.90 Å². The summed E-state index contributed by atoms with van der Waals surface area (Å²) in [5.74, 6) is 0.531. The second-order valence-electron chi connectivity index (χ2n) is 5.19. The van der Waals surface area contributed by atoms with Crippen molar-refractivity contribution in [1.82, 2.24) is 5.32 Å². The third-order valence-electron chi connectivity index (χ3n) is 3.27. The van der Waals surface area contributed by atoms with Crippen LogP contribution < -0.4 is 11.1 Å². The van der Waals surface area contributed by atoms with E-state index < -0.39 is 0 Å². The monoisotopic (exact) mass is 264 g/mol. The Kier molecular flexibility index (Phi) is 6.36. The van der Waals surface area contributed by atoms with Crippen LogP contribution in [0.5, 0.6) is 0 Å². The van der Waals surface area contributed by atoms with Gasteiger partial charge in [-0.1, -0.05) is 26.0 Å². The van der Waals surface area contributed by atoms with Gasteiger partial charge in [0.25, 0.3) is 0 Å². The van der Waals surface area contributed by atoms with Crippen LogP contribution in [0, 0.1) is 5.92 Å². The molecular formula is C15H24N2O2. The van der Waals surface area contributed by atoms with Crippen LogP contribution in [0.25, 0.3) is 0 Å². The number of benzene rings is 1. The SMILES string of the molecule is CC(CCO)CNC(=O)CC(C)c1ccc(N)cc1. The molecule has 0 aliphatic rings. The molecular weight excluding hydrogens is 240 g/mol. The fraction of sp³-hybridized carbons (Fsp3) is 0.533. The average molecular weight is 264 g/mol. The zero-order valence-corrected chi connectivity index (χ0v) is 11.7. The van der Waals surface area contributed by atoms with Crippen molar-refractivity contribution in [2.75, 3.05) is 18.9 Å². The molecule has 19 heavy (non-hydrogen) atoms. The van der Waals surface area contributed by atoms with Crippen molar-refractivity contribution in [2.45, 2.75) is 32.6 Å². The van der Waals surface area contributed by atoms with E-state index in [1.807, 2.05) is 38.1 Å². The van der Waals surface area contributed by atoms with Crippen LogP contribution >= 0.6 is 0 Å². The molecule has 0 radical (unpaired) electrons. The zero-order valence-electron chi connectivity index (χ0n) is 11.7. The average Bonchev–Trinajstić information content (AvgIpc) is 2.37. The maximum atomic E-state index is 11.8. The molecule has 0 aliphatic carbocycles. The first kappa shape index (κ1) is 15.5. The van der Waals surface area contributed by atoms with Crippen LogP contribution in [-0.2, 0) is 4.79 Å². The minimum Gasteiger partial charge on any atom is -0.399 e. The van der Waals surface area contributed by atoms with Crippen LogP contribution in [0.15, 0.2) is 24.3 Å². The van der Waals surface area contributed by atoms with E-state index in [1.54, 1.807) is 0 Å². The van der Waals surface area contributed by atoms with Gasteiger partial charge >= 0.3 is 0 Å². The number of carbonyl (C=O) groups excluding carboxylic acids is 1. The smallest absolute Gasteiger partial charge is 0.220 e. The first-order chi connectivity index (χ1) is 9.02. The summed E-state index contributed by atoms with van der Waals surface area (Å²) in [6.07, 6.45) is 1.18. The lowest BCUT2D eigenvalue weighted by Gasteiger charge is -2.14. The molecule has 0 spiro atoms. The molecule has 0 saturated heterocycles. The Morgan fingerprint density at radius 2 is 1.95 bits per heavy atom. The fourth-order valence-electron chi connectivity index (χ4n) is 1.90. The predicted octanol–water partition coefficient (Wildman–Crippen LogP) is 1.90. The van der Waals surface area contributed by atoms with Crippen LogP contribution in [-0.4, -0.2) is 24.2 Å². The van der Waals surface area contributed by atoms with Crippen molar-refractivity contribution in [3.63, 3.8) is 0 Å². The van der Waals surface area contributed by atoms with E-state index in [4.69, 9.17) is 10.8 Å². The van der Waals surface area contributed by atoms with Crippen molar-refractivity contribution in [3.05, 3.63) is 29.8 Å². The minimum absolute atomic E-state index is 0.0501. The standard InChI is InChI=1S/C15H24N2O2/c1-11(7-8-18)10-17-15(19)9-12(2)13-3-5-14(16)6-4-13/h3-6,11-12,18H,7-10,16H2,1-2H3,(H,17,19). The molecule has 1 aromatic rings. The zero-order chi connectivity index (χ0) is 14.3. The molecule has 0 bridgehead atoms. The first-order valence-corrected chi connectivity index (χ1v) is 6.76. The van der Waals surface area contributed by atoms with E-state index in [0.29, 0.717) is 25.3 Å². The van der Waals surface area contributed by atoms with E-state index in [2.05, 4.69) is 5.32 Å². The van der Waals surface area contributed by atoms with Gasteiger partial charge in [0, 0.05) is 25.3 Å². The van der Waals surface area contributed by atoms with Gasteiger partial charge in [0.15, 0.2) is 0 Å². The van der Waals surface area contributed by atoms with Crippen molar-refractivity contribution in [3.8, 4) is 0 Å². The topological polar surface area (TPSA) is 75.3 Å². The van der Waals surface area contributed by atoms with Crippen LogP contribution in [0.3, 0.4) is 0 Å². The Hall–Kier alpha value is -1.55. The van der Waals surface area contributed by atoms with E-state index in [1.165, 1.54) is 0 Å². The number of anilines is 1. The second kappa shape index (κ2) is 7.79. The lowest BCUT2D eigenvalue weighted by atomic mass is 9.97. The number of rotatable bonds is 7. The molecule has 4 nitrogen and oxygen atoms in total. The Balaban J connectivity index is 2.37. The molecule has 0 saturated carbocycles. The van der Waals surface area contributed by atoms with Gasteiger partial charge < -0.3 is 16.2 Å². The number of hydrogen-bond acceptors (Lipinski definition) is 3. The van der Waals surface area contributed by atoms with Crippen LogP contribution in [0.4, 0.5) is 5.69 Å². The number of nitrogens with one attached hydrogen (secondary N) is 1. The van der Waals surface area contributed by atoms with E-state index >= 15 is 0 Å². The summed E-state index contributed by atoms with van der Waals surface area (Å²) in [5.41, 5.74) is 7.49. The van der Waals surface area contributed by atoms with Gasteiger partial charge in [0.1, 0.15) is 0 Å². The molecule has 1 amide bonds. The summed E-state index contributed by atoms with van der Waals surface area (Å²) < 4.78 is 0. The highest BCUT2D eigenvalue weighted by Gasteiger charge is 2.11. The maximum Gasteiger partial charge on any atom is 0.220 e. The molecule has 4 heteroatoms. The van der Waals surface area contributed by atoms with E-state index in [9.17, 15) is 4.79 Å². The quantitative estimate of drug-likeness (QED) is 0.658. The number of aliphatic hydroxyl groups is 1. The molecule has 4 N–H and O–H groups in total. The summed E-state index contributed by atoms with van der Waals surface area (Å²) >= 11 is 0. The molecule has 0 heterocycles. The summed E-state index contributed by atoms with van der Waals surface area (Å²) in [6, 6.07) is 7.63. The van der Waals surface area contributed by atoms with Gasteiger partial charge in [-0.25, -0.2) is 0 Å². The highest BCUT2D eigenvalue weighted by atomic mass is 16.3. The number of hydrogen-bond donors (Lipinski definition) is 3. The Bertz CT molecular complexity index is 390. The molecule has 1 aromatic carbocycles. The predicted molar refractivity (Wildman–Crippen MR) is 77.8 cm³/mol. The number of nitrogens with two attached hydrogens (primary N) is 1. The van der Waals surface area contributed by atoms with Gasteiger partial charge in [-0.2, -0.15) is 0 Å². The van der Waals surface area contributed by atoms with Crippen molar-refractivity contribution >= 4 is 11.6 Å². The Morgan fingerprint density at radius 3 is 2.53 bits per heavy atom. The van der Waals surface area contributed by atoms with E-state index in [0.717, 1.165) is 11.3 Å². The van der Waals surface area contributed by atoms with Crippen LogP contribution in [0.1, 0.15) is 38.2 Å². The molecule has 1 rings (SSSR count). The molecule has 0 aromatic heterocycles. The molecule has 0 fully saturated rings. The van der Waals surface area contributed by atoms with Gasteiger partial charge in [-0.15, -0.1) is 0 Å². The summed E-state index contributed by atoms with van der Waals surface area (Å²) in [5, 5.41) is 11.7. The lowest BCUT2D eigenvalue weighted by molar-refractivity contribution is -0.121. The number of nitrogen functional groups attached to an aromatic ring is 1. The normalized spacial score (nSPS) is 13.8. The highest BCUT2D eigenvalue weighted by molar-refractivity contribution is 5.76. The third kappa shape index (κ3) is 5.75. The molecule has 106 valence electrons.